The monoisotopic (exact) mass is 358 g/mol. The molecule has 2 rings (SSSR count). The Labute approximate surface area is 128 Å². The van der Waals surface area contributed by atoms with E-state index in [1.54, 1.807) is 30.3 Å². The van der Waals surface area contributed by atoms with Gasteiger partial charge in [-0.05, 0) is 52.3 Å². The molecule has 0 saturated heterocycles. The normalized spacial score (nSPS) is 10.3. The van der Waals surface area contributed by atoms with E-state index in [1.165, 1.54) is 6.07 Å². The van der Waals surface area contributed by atoms with E-state index in [9.17, 15) is 4.39 Å². The van der Waals surface area contributed by atoms with Gasteiger partial charge in [-0.2, -0.15) is 0 Å². The van der Waals surface area contributed by atoms with Crippen LogP contribution in [0.3, 0.4) is 0 Å². The van der Waals surface area contributed by atoms with Gasteiger partial charge >= 0.3 is 0 Å². The summed E-state index contributed by atoms with van der Waals surface area (Å²) < 4.78 is 14.4. The van der Waals surface area contributed by atoms with Crippen molar-refractivity contribution >= 4 is 56.1 Å². The Hall–Kier alpha value is -1.17. The molecule has 2 aromatic carbocycles. The summed E-state index contributed by atoms with van der Waals surface area (Å²) >= 11 is 14.0. The minimum absolute atomic E-state index is 0.310. The molecule has 0 bridgehead atoms. The van der Waals surface area contributed by atoms with Crippen LogP contribution in [0.1, 0.15) is 5.56 Å². The van der Waals surface area contributed by atoms with E-state index < -0.39 is 5.82 Å². The predicted octanol–water partition coefficient (Wildman–Crippen LogP) is 4.62. The lowest BCUT2D eigenvalue weighted by atomic mass is 10.2. The fraction of sp³-hybridized carbons (Fsp3) is 0. The number of halogens is 3. The third-order valence-corrected chi connectivity index (χ3v) is 3.58. The zero-order chi connectivity index (χ0) is 14.0. The second kappa shape index (κ2) is 5.86. The largest absolute Gasteiger partial charge is 0.389 e. The van der Waals surface area contributed by atoms with Crippen LogP contribution in [0.5, 0.6) is 0 Å². The number of thiocarbonyl (C=S) groups is 1. The number of benzene rings is 2. The molecule has 0 spiro atoms. The van der Waals surface area contributed by atoms with E-state index in [0.717, 1.165) is 10.0 Å². The molecule has 0 aromatic heterocycles. The SMILES string of the molecule is NC(=S)c1ccc(Nc2ccc(Cl)cc2F)c(Br)c1. The first kappa shape index (κ1) is 14.2. The maximum absolute atomic E-state index is 13.7. The highest BCUT2D eigenvalue weighted by atomic mass is 79.9. The molecule has 3 N–H and O–H groups in total. The zero-order valence-corrected chi connectivity index (χ0v) is 12.7. The van der Waals surface area contributed by atoms with E-state index in [1.807, 2.05) is 0 Å². The van der Waals surface area contributed by atoms with Gasteiger partial charge in [0.2, 0.25) is 0 Å². The van der Waals surface area contributed by atoms with Crippen molar-refractivity contribution in [1.29, 1.82) is 0 Å². The van der Waals surface area contributed by atoms with Crippen molar-refractivity contribution in [2.24, 2.45) is 5.73 Å². The molecule has 2 nitrogen and oxygen atoms in total. The molecule has 0 amide bonds. The summed E-state index contributed by atoms with van der Waals surface area (Å²) in [6.07, 6.45) is 0. The highest BCUT2D eigenvalue weighted by Crippen LogP contribution is 2.29. The van der Waals surface area contributed by atoms with Crippen LogP contribution in [0.4, 0.5) is 15.8 Å². The van der Waals surface area contributed by atoms with Gasteiger partial charge in [0.05, 0.1) is 11.4 Å². The van der Waals surface area contributed by atoms with Crippen molar-refractivity contribution in [2.75, 3.05) is 5.32 Å². The Morgan fingerprint density at radius 1 is 1.21 bits per heavy atom. The van der Waals surface area contributed by atoms with E-state index in [4.69, 9.17) is 29.6 Å². The van der Waals surface area contributed by atoms with Crippen LogP contribution in [0.2, 0.25) is 5.02 Å². The first-order valence-electron chi connectivity index (χ1n) is 5.29. The maximum atomic E-state index is 13.7. The summed E-state index contributed by atoms with van der Waals surface area (Å²) in [5.41, 5.74) is 7.33. The van der Waals surface area contributed by atoms with E-state index in [-0.39, 0.29) is 0 Å². The van der Waals surface area contributed by atoms with Crippen molar-refractivity contribution < 1.29 is 4.39 Å². The lowest BCUT2D eigenvalue weighted by Gasteiger charge is -2.11. The predicted molar refractivity (Wildman–Crippen MR) is 84.7 cm³/mol. The molecule has 0 radical (unpaired) electrons. The van der Waals surface area contributed by atoms with Crippen molar-refractivity contribution in [2.45, 2.75) is 0 Å². The van der Waals surface area contributed by atoms with Crippen molar-refractivity contribution in [3.8, 4) is 0 Å². The summed E-state index contributed by atoms with van der Waals surface area (Å²) in [5, 5.41) is 3.32. The first-order valence-corrected chi connectivity index (χ1v) is 6.87. The Bertz CT molecular complexity index is 649. The fourth-order valence-electron chi connectivity index (χ4n) is 1.51. The van der Waals surface area contributed by atoms with Crippen LogP contribution >= 0.6 is 39.7 Å². The van der Waals surface area contributed by atoms with Crippen LogP contribution in [-0.4, -0.2) is 4.99 Å². The van der Waals surface area contributed by atoms with Gasteiger partial charge in [-0.1, -0.05) is 23.8 Å². The number of hydrogen-bond acceptors (Lipinski definition) is 2. The molecule has 0 saturated carbocycles. The van der Waals surface area contributed by atoms with Gasteiger partial charge in [0.15, 0.2) is 0 Å². The number of hydrogen-bond donors (Lipinski definition) is 2. The van der Waals surface area contributed by atoms with Crippen LogP contribution in [-0.2, 0) is 0 Å². The van der Waals surface area contributed by atoms with Gasteiger partial charge in [-0.25, -0.2) is 4.39 Å². The van der Waals surface area contributed by atoms with Gasteiger partial charge < -0.3 is 11.1 Å². The topological polar surface area (TPSA) is 38.0 Å². The summed E-state index contributed by atoms with van der Waals surface area (Å²) in [6.45, 7) is 0. The Balaban J connectivity index is 2.31. The number of anilines is 2. The average Bonchev–Trinajstić information content (AvgIpc) is 2.34. The zero-order valence-electron chi connectivity index (χ0n) is 9.58. The molecular formula is C13H9BrClFN2S. The van der Waals surface area contributed by atoms with Crippen LogP contribution in [0, 0.1) is 5.82 Å². The molecule has 6 heteroatoms. The fourth-order valence-corrected chi connectivity index (χ4v) is 2.27. The molecular weight excluding hydrogens is 351 g/mol. The first-order chi connectivity index (χ1) is 8.97. The minimum atomic E-state index is -0.419. The average molecular weight is 360 g/mol. The minimum Gasteiger partial charge on any atom is -0.389 e. The molecule has 0 aliphatic carbocycles. The molecule has 0 aliphatic rings. The van der Waals surface area contributed by atoms with Gasteiger partial charge in [0.25, 0.3) is 0 Å². The second-order valence-electron chi connectivity index (χ2n) is 3.81. The molecule has 0 unspecified atom stereocenters. The van der Waals surface area contributed by atoms with Crippen molar-refractivity contribution in [3.63, 3.8) is 0 Å². The van der Waals surface area contributed by atoms with Crippen LogP contribution < -0.4 is 11.1 Å². The molecule has 0 fully saturated rings. The summed E-state index contributed by atoms with van der Waals surface area (Å²) in [4.78, 5) is 0.310. The summed E-state index contributed by atoms with van der Waals surface area (Å²) in [6, 6.07) is 9.76. The van der Waals surface area contributed by atoms with Crippen molar-refractivity contribution in [3.05, 3.63) is 57.3 Å². The molecule has 0 heterocycles. The lowest BCUT2D eigenvalue weighted by molar-refractivity contribution is 0.632. The van der Waals surface area contributed by atoms with Gasteiger partial charge in [-0.15, -0.1) is 0 Å². The second-order valence-corrected chi connectivity index (χ2v) is 5.54. The molecule has 2 aromatic rings. The third-order valence-electron chi connectivity index (χ3n) is 2.45. The van der Waals surface area contributed by atoms with E-state index >= 15 is 0 Å². The summed E-state index contributed by atoms with van der Waals surface area (Å²) in [7, 11) is 0. The number of nitrogens with one attached hydrogen (secondary N) is 1. The molecule has 0 aliphatic heterocycles. The Morgan fingerprint density at radius 2 is 1.89 bits per heavy atom. The maximum Gasteiger partial charge on any atom is 0.148 e. The van der Waals surface area contributed by atoms with Gasteiger partial charge in [-0.3, -0.25) is 0 Å². The highest BCUT2D eigenvalue weighted by molar-refractivity contribution is 9.10. The van der Waals surface area contributed by atoms with Crippen molar-refractivity contribution in [1.82, 2.24) is 0 Å². The molecule has 19 heavy (non-hydrogen) atoms. The Morgan fingerprint density at radius 3 is 2.47 bits per heavy atom. The standard InChI is InChI=1S/C13H9BrClFN2S/c14-9-5-7(13(17)19)1-3-11(9)18-12-4-2-8(15)6-10(12)16/h1-6,18H,(H2,17,19). The summed E-state index contributed by atoms with van der Waals surface area (Å²) in [5.74, 6) is -0.419. The van der Waals surface area contributed by atoms with Crippen LogP contribution in [0.15, 0.2) is 40.9 Å². The smallest absolute Gasteiger partial charge is 0.148 e. The highest BCUT2D eigenvalue weighted by Gasteiger charge is 2.07. The number of nitrogens with two attached hydrogens (primary N) is 1. The quantitative estimate of drug-likeness (QED) is 0.785. The number of rotatable bonds is 3. The molecule has 0 atom stereocenters. The Kier molecular flexibility index (Phi) is 4.39. The molecule has 98 valence electrons. The van der Waals surface area contributed by atoms with E-state index in [0.29, 0.717) is 21.4 Å². The van der Waals surface area contributed by atoms with Crippen LogP contribution in [0.25, 0.3) is 0 Å². The van der Waals surface area contributed by atoms with Gasteiger partial charge in [0, 0.05) is 15.1 Å². The van der Waals surface area contributed by atoms with Gasteiger partial charge in [0.1, 0.15) is 10.8 Å². The third kappa shape index (κ3) is 3.43. The van der Waals surface area contributed by atoms with E-state index in [2.05, 4.69) is 21.2 Å². The lowest BCUT2D eigenvalue weighted by Crippen LogP contribution is -2.09.